The standard InChI is InChI=1S/C15H21ClN2O/c1-15(2,11-18)8-4-10-19-14-6-3-5-13(16)12(14)7-9-17/h3,5-6H,4,7-10,17H2,1-2H3. The van der Waals surface area contributed by atoms with Crippen LogP contribution < -0.4 is 10.5 Å². The molecule has 104 valence electrons. The minimum absolute atomic E-state index is 0.294. The van der Waals surface area contributed by atoms with Gasteiger partial charge in [0, 0.05) is 10.6 Å². The van der Waals surface area contributed by atoms with Crippen molar-refractivity contribution < 1.29 is 4.74 Å². The van der Waals surface area contributed by atoms with Gasteiger partial charge in [-0.25, -0.2) is 0 Å². The second-order valence-corrected chi connectivity index (χ2v) is 5.61. The Labute approximate surface area is 120 Å². The van der Waals surface area contributed by atoms with Crippen LogP contribution in [-0.2, 0) is 6.42 Å². The summed E-state index contributed by atoms with van der Waals surface area (Å²) in [5, 5.41) is 9.63. The second kappa shape index (κ2) is 7.37. The molecule has 0 saturated heterocycles. The Kier molecular flexibility index (Phi) is 6.14. The van der Waals surface area contributed by atoms with Crippen molar-refractivity contribution in [2.75, 3.05) is 13.2 Å². The van der Waals surface area contributed by atoms with Gasteiger partial charge in [-0.2, -0.15) is 5.26 Å². The highest BCUT2D eigenvalue weighted by Crippen LogP contribution is 2.27. The van der Waals surface area contributed by atoms with E-state index >= 15 is 0 Å². The van der Waals surface area contributed by atoms with Crippen LogP contribution >= 0.6 is 11.6 Å². The third-order valence-electron chi connectivity index (χ3n) is 2.98. The van der Waals surface area contributed by atoms with Gasteiger partial charge in [-0.15, -0.1) is 0 Å². The molecule has 0 fully saturated rings. The van der Waals surface area contributed by atoms with Crippen molar-refractivity contribution in [3.05, 3.63) is 28.8 Å². The van der Waals surface area contributed by atoms with Gasteiger partial charge >= 0.3 is 0 Å². The number of rotatable bonds is 7. The van der Waals surface area contributed by atoms with Crippen LogP contribution in [0, 0.1) is 16.7 Å². The van der Waals surface area contributed by atoms with Gasteiger partial charge in [0.05, 0.1) is 18.1 Å². The molecule has 0 radical (unpaired) electrons. The van der Waals surface area contributed by atoms with Gasteiger partial charge in [-0.05, 0) is 51.8 Å². The molecular formula is C15H21ClN2O. The number of hydrogen-bond acceptors (Lipinski definition) is 3. The molecule has 1 rings (SSSR count). The van der Waals surface area contributed by atoms with Crippen LogP contribution in [0.5, 0.6) is 5.75 Å². The molecule has 3 nitrogen and oxygen atoms in total. The molecule has 1 aromatic carbocycles. The molecule has 0 amide bonds. The molecule has 0 unspecified atom stereocenters. The largest absolute Gasteiger partial charge is 0.493 e. The van der Waals surface area contributed by atoms with E-state index in [0.29, 0.717) is 24.6 Å². The van der Waals surface area contributed by atoms with Crippen molar-refractivity contribution in [2.24, 2.45) is 11.1 Å². The summed E-state index contributed by atoms with van der Waals surface area (Å²) in [4.78, 5) is 0. The lowest BCUT2D eigenvalue weighted by molar-refractivity contribution is 0.282. The molecule has 4 heteroatoms. The fourth-order valence-corrected chi connectivity index (χ4v) is 2.07. The first-order chi connectivity index (χ1) is 9.00. The number of nitrogens with zero attached hydrogens (tertiary/aromatic N) is 1. The third-order valence-corrected chi connectivity index (χ3v) is 3.33. The van der Waals surface area contributed by atoms with Crippen LogP contribution in [-0.4, -0.2) is 13.2 Å². The molecule has 0 aliphatic heterocycles. The molecule has 0 atom stereocenters. The fraction of sp³-hybridized carbons (Fsp3) is 0.533. The highest BCUT2D eigenvalue weighted by molar-refractivity contribution is 6.31. The van der Waals surface area contributed by atoms with Gasteiger partial charge in [0.25, 0.3) is 0 Å². The topological polar surface area (TPSA) is 59.0 Å². The summed E-state index contributed by atoms with van der Waals surface area (Å²) >= 11 is 6.14. The molecule has 0 bridgehead atoms. The summed E-state index contributed by atoms with van der Waals surface area (Å²) in [6.07, 6.45) is 2.37. The predicted octanol–water partition coefficient (Wildman–Crippen LogP) is 3.55. The average molecular weight is 281 g/mol. The Morgan fingerprint density at radius 3 is 2.79 bits per heavy atom. The van der Waals surface area contributed by atoms with E-state index in [-0.39, 0.29) is 5.41 Å². The Bertz CT molecular complexity index is 452. The first-order valence-electron chi connectivity index (χ1n) is 6.51. The molecule has 2 N–H and O–H groups in total. The Hall–Kier alpha value is -1.24. The van der Waals surface area contributed by atoms with Gasteiger partial charge in [-0.3, -0.25) is 0 Å². The van der Waals surface area contributed by atoms with E-state index in [1.54, 1.807) is 0 Å². The Morgan fingerprint density at radius 1 is 1.42 bits per heavy atom. The fourth-order valence-electron chi connectivity index (χ4n) is 1.81. The molecule has 0 spiro atoms. The quantitative estimate of drug-likeness (QED) is 0.777. The van der Waals surface area contributed by atoms with E-state index < -0.39 is 0 Å². The summed E-state index contributed by atoms with van der Waals surface area (Å²) in [5.74, 6) is 0.799. The SMILES string of the molecule is CC(C)(C#N)CCCOc1cccc(Cl)c1CCN. The minimum atomic E-state index is -0.294. The molecule has 0 heterocycles. The Balaban J connectivity index is 2.54. The van der Waals surface area contributed by atoms with E-state index in [1.165, 1.54) is 0 Å². The zero-order valence-corrected chi connectivity index (χ0v) is 12.3. The molecule has 1 aromatic rings. The molecular weight excluding hydrogens is 260 g/mol. The van der Waals surface area contributed by atoms with Gasteiger partial charge in [0.2, 0.25) is 0 Å². The highest BCUT2D eigenvalue weighted by Gasteiger charge is 2.16. The van der Waals surface area contributed by atoms with E-state index in [9.17, 15) is 0 Å². The van der Waals surface area contributed by atoms with E-state index in [1.807, 2.05) is 32.0 Å². The van der Waals surface area contributed by atoms with Crippen LogP contribution in [0.25, 0.3) is 0 Å². The van der Waals surface area contributed by atoms with Crippen molar-refractivity contribution in [1.82, 2.24) is 0 Å². The van der Waals surface area contributed by atoms with E-state index in [0.717, 1.165) is 24.2 Å². The Morgan fingerprint density at radius 2 is 2.16 bits per heavy atom. The van der Waals surface area contributed by atoms with Crippen LogP contribution in [0.4, 0.5) is 0 Å². The number of nitriles is 1. The van der Waals surface area contributed by atoms with Crippen molar-refractivity contribution in [3.63, 3.8) is 0 Å². The van der Waals surface area contributed by atoms with E-state index in [4.69, 9.17) is 27.3 Å². The van der Waals surface area contributed by atoms with Crippen molar-refractivity contribution >= 4 is 11.6 Å². The summed E-state index contributed by atoms with van der Waals surface area (Å²) in [6, 6.07) is 7.91. The minimum Gasteiger partial charge on any atom is -0.493 e. The monoisotopic (exact) mass is 280 g/mol. The van der Waals surface area contributed by atoms with Gasteiger partial charge in [0.15, 0.2) is 0 Å². The van der Waals surface area contributed by atoms with Gasteiger partial charge in [-0.1, -0.05) is 17.7 Å². The molecule has 19 heavy (non-hydrogen) atoms. The van der Waals surface area contributed by atoms with Crippen molar-refractivity contribution in [3.8, 4) is 11.8 Å². The molecule has 0 aliphatic rings. The summed E-state index contributed by atoms with van der Waals surface area (Å²) in [7, 11) is 0. The number of benzene rings is 1. The average Bonchev–Trinajstić information content (AvgIpc) is 2.38. The summed E-state index contributed by atoms with van der Waals surface area (Å²) in [6.45, 7) is 5.00. The second-order valence-electron chi connectivity index (χ2n) is 5.20. The lowest BCUT2D eigenvalue weighted by Gasteiger charge is -2.16. The normalized spacial score (nSPS) is 11.1. The van der Waals surface area contributed by atoms with Crippen LogP contribution in [0.2, 0.25) is 5.02 Å². The maximum absolute atomic E-state index is 8.94. The van der Waals surface area contributed by atoms with Crippen LogP contribution in [0.15, 0.2) is 18.2 Å². The summed E-state index contributed by atoms with van der Waals surface area (Å²) in [5.41, 5.74) is 6.25. The summed E-state index contributed by atoms with van der Waals surface area (Å²) < 4.78 is 5.76. The van der Waals surface area contributed by atoms with Gasteiger partial charge in [0.1, 0.15) is 5.75 Å². The molecule has 0 aliphatic carbocycles. The number of halogens is 1. The van der Waals surface area contributed by atoms with Gasteiger partial charge < -0.3 is 10.5 Å². The molecule has 0 aromatic heterocycles. The lowest BCUT2D eigenvalue weighted by atomic mass is 9.90. The molecule has 0 saturated carbocycles. The zero-order chi connectivity index (χ0) is 14.3. The van der Waals surface area contributed by atoms with E-state index in [2.05, 4.69) is 6.07 Å². The maximum Gasteiger partial charge on any atom is 0.124 e. The van der Waals surface area contributed by atoms with Crippen molar-refractivity contribution in [1.29, 1.82) is 5.26 Å². The maximum atomic E-state index is 8.94. The zero-order valence-electron chi connectivity index (χ0n) is 11.6. The van der Waals surface area contributed by atoms with Crippen molar-refractivity contribution in [2.45, 2.75) is 33.1 Å². The lowest BCUT2D eigenvalue weighted by Crippen LogP contribution is -2.11. The number of ether oxygens (including phenoxy) is 1. The predicted molar refractivity (Wildman–Crippen MR) is 78.3 cm³/mol. The smallest absolute Gasteiger partial charge is 0.124 e. The third kappa shape index (κ3) is 5.10. The van der Waals surface area contributed by atoms with Crippen LogP contribution in [0.3, 0.4) is 0 Å². The first kappa shape index (κ1) is 15.8. The van der Waals surface area contributed by atoms with Crippen LogP contribution in [0.1, 0.15) is 32.3 Å². The highest BCUT2D eigenvalue weighted by atomic mass is 35.5. The number of hydrogen-bond donors (Lipinski definition) is 1. The number of nitrogens with two attached hydrogens (primary N) is 1. The first-order valence-corrected chi connectivity index (χ1v) is 6.89.